The van der Waals surface area contributed by atoms with Crippen molar-refractivity contribution in [3.8, 4) is 17.0 Å². The monoisotopic (exact) mass is 478 g/mol. The molecule has 0 bridgehead atoms. The van der Waals surface area contributed by atoms with Gasteiger partial charge in [0.05, 0.1) is 12.3 Å². The van der Waals surface area contributed by atoms with Crippen LogP contribution in [0.1, 0.15) is 74.2 Å². The van der Waals surface area contributed by atoms with E-state index < -0.39 is 15.8 Å². The molecule has 2 radical (unpaired) electrons. The third-order valence-electron chi connectivity index (χ3n) is 6.54. The van der Waals surface area contributed by atoms with Crippen LogP contribution in [0.2, 0.25) is 0 Å². The van der Waals surface area contributed by atoms with Crippen LogP contribution in [0.4, 0.5) is 0 Å². The number of rotatable bonds is 3. The van der Waals surface area contributed by atoms with Gasteiger partial charge in [-0.25, -0.2) is 8.42 Å². The lowest BCUT2D eigenvalue weighted by molar-refractivity contribution is 0.0982. The Balaban J connectivity index is 0.00000133. The van der Waals surface area contributed by atoms with Crippen LogP contribution in [0, 0.1) is 0 Å². The molecule has 0 unspecified atom stereocenters. The van der Waals surface area contributed by atoms with E-state index in [9.17, 15) is 13.2 Å². The van der Waals surface area contributed by atoms with E-state index in [-0.39, 0.29) is 5.56 Å². The van der Waals surface area contributed by atoms with Gasteiger partial charge < -0.3 is 9.30 Å². The number of carbonyl (C=O) groups excluding carboxylic acids is 1. The van der Waals surface area contributed by atoms with Crippen LogP contribution < -0.4 is 9.46 Å². The molecule has 3 aromatic rings. The second-order valence-corrected chi connectivity index (χ2v) is 9.95. The first-order chi connectivity index (χ1) is 16.4. The van der Waals surface area contributed by atoms with Gasteiger partial charge in [-0.1, -0.05) is 51.3 Å². The molecule has 1 aromatic heterocycles. The van der Waals surface area contributed by atoms with Crippen molar-refractivity contribution in [2.24, 2.45) is 0 Å². The average Bonchev–Trinajstić information content (AvgIpc) is 3.14. The summed E-state index contributed by atoms with van der Waals surface area (Å²) in [5.74, 6) is 0.596. The molecule has 1 N–H and O–H groups in total. The molecule has 0 saturated heterocycles. The Morgan fingerprint density at radius 2 is 1.79 bits per heavy atom. The van der Waals surface area contributed by atoms with E-state index in [0.717, 1.165) is 53.7 Å². The van der Waals surface area contributed by atoms with Gasteiger partial charge in [-0.3, -0.25) is 9.52 Å². The predicted octanol–water partition coefficient (Wildman–Crippen LogP) is 5.31. The molecule has 5 rings (SSSR count). The van der Waals surface area contributed by atoms with Gasteiger partial charge in [0.15, 0.2) is 9.87 Å². The molecule has 0 spiro atoms. The Hall–Kier alpha value is -2.74. The van der Waals surface area contributed by atoms with E-state index in [1.807, 2.05) is 42.8 Å². The van der Waals surface area contributed by atoms with Crippen LogP contribution in [-0.2, 0) is 16.4 Å². The fourth-order valence-corrected chi connectivity index (χ4v) is 5.60. The summed E-state index contributed by atoms with van der Waals surface area (Å²) >= 11 is 0. The van der Waals surface area contributed by atoms with Crippen LogP contribution in [-0.4, -0.2) is 32.6 Å². The molecular weight excluding hydrogens is 447 g/mol. The van der Waals surface area contributed by atoms with Gasteiger partial charge >= 0.3 is 0 Å². The second kappa shape index (κ2) is 10.3. The standard InChI is InChI=1S/C24H25BN2O4S.C2H6/c25-32(29,30)26-24(28)17-11-12-18-20(15-17)27-13-6-14-31-21-10-5-4-9-19(21)23(27)22(18)16-7-2-1-3-8-16;1-2/h4-5,9-12,15-16H,1-3,6-8,13-14H2,(H,26,28);1-2H3. The number of aromatic nitrogens is 1. The summed E-state index contributed by atoms with van der Waals surface area (Å²) in [6.07, 6.45) is 6.81. The quantitative estimate of drug-likeness (QED) is 0.518. The third-order valence-corrected chi connectivity index (χ3v) is 7.01. The zero-order valence-electron chi connectivity index (χ0n) is 19.8. The van der Waals surface area contributed by atoms with Gasteiger partial charge in [-0.15, -0.1) is 0 Å². The van der Waals surface area contributed by atoms with E-state index in [0.29, 0.717) is 12.5 Å². The summed E-state index contributed by atoms with van der Waals surface area (Å²) in [5, 5.41) is 1.12. The van der Waals surface area contributed by atoms with Crippen LogP contribution in [0.25, 0.3) is 22.2 Å². The summed E-state index contributed by atoms with van der Waals surface area (Å²) in [4.78, 5) is 12.5. The fourth-order valence-electron chi connectivity index (χ4n) is 5.23. The molecule has 2 aromatic carbocycles. The van der Waals surface area contributed by atoms with E-state index in [2.05, 4.69) is 10.6 Å². The summed E-state index contributed by atoms with van der Waals surface area (Å²) in [6.45, 7) is 5.37. The van der Waals surface area contributed by atoms with Crippen molar-refractivity contribution in [3.05, 3.63) is 53.6 Å². The number of aryl methyl sites for hydroxylation is 1. The normalized spacial score (nSPS) is 16.2. The Labute approximate surface area is 203 Å². The molecule has 34 heavy (non-hydrogen) atoms. The maximum atomic E-state index is 12.5. The molecule has 1 aliphatic carbocycles. The number of amides is 1. The molecule has 178 valence electrons. The Kier molecular flexibility index (Phi) is 7.36. The van der Waals surface area contributed by atoms with Crippen LogP contribution in [0.5, 0.6) is 5.75 Å². The van der Waals surface area contributed by atoms with Gasteiger partial charge in [0.25, 0.3) is 13.0 Å². The zero-order chi connectivity index (χ0) is 24.3. The second-order valence-electron chi connectivity index (χ2n) is 8.66. The molecule has 1 fully saturated rings. The number of hydrogen-bond acceptors (Lipinski definition) is 4. The SMILES string of the molecule is CC.[B]S(=O)(=O)NC(=O)c1ccc2c(C3CCCCC3)c3n(c2c1)CCCOc1ccccc1-3. The lowest BCUT2D eigenvalue weighted by Crippen LogP contribution is -2.30. The van der Waals surface area contributed by atoms with Crippen molar-refractivity contribution in [1.82, 2.24) is 9.29 Å². The third kappa shape index (κ3) is 4.87. The summed E-state index contributed by atoms with van der Waals surface area (Å²) in [6, 6.07) is 13.6. The number of nitrogens with zero attached hydrogens (tertiary/aromatic N) is 1. The van der Waals surface area contributed by atoms with Gasteiger partial charge in [0, 0.05) is 28.6 Å². The number of fused-ring (bicyclic) bond motifs is 5. The smallest absolute Gasteiger partial charge is 0.285 e. The average molecular weight is 478 g/mol. The van der Waals surface area contributed by atoms with Gasteiger partial charge in [-0.2, -0.15) is 0 Å². The number of ether oxygens (including phenoxy) is 1. The maximum absolute atomic E-state index is 12.5. The van der Waals surface area contributed by atoms with Crippen LogP contribution in [0.3, 0.4) is 0 Å². The Bertz CT molecular complexity index is 1290. The van der Waals surface area contributed by atoms with Crippen molar-refractivity contribution < 1.29 is 17.9 Å². The minimum atomic E-state index is -4.13. The zero-order valence-corrected chi connectivity index (χ0v) is 20.7. The van der Waals surface area contributed by atoms with Crippen molar-refractivity contribution in [3.63, 3.8) is 0 Å². The van der Waals surface area contributed by atoms with Crippen molar-refractivity contribution in [2.45, 2.75) is 64.8 Å². The van der Waals surface area contributed by atoms with E-state index >= 15 is 0 Å². The van der Waals surface area contributed by atoms with Crippen molar-refractivity contribution >= 4 is 33.8 Å². The predicted molar refractivity (Wildman–Crippen MR) is 137 cm³/mol. The van der Waals surface area contributed by atoms with Gasteiger partial charge in [-0.05, 0) is 55.0 Å². The van der Waals surface area contributed by atoms with Crippen molar-refractivity contribution in [2.75, 3.05) is 6.61 Å². The lowest BCUT2D eigenvalue weighted by atomic mass is 9.81. The highest BCUT2D eigenvalue weighted by Crippen LogP contribution is 2.46. The lowest BCUT2D eigenvalue weighted by Gasteiger charge is -2.25. The first kappa shape index (κ1) is 24.4. The van der Waals surface area contributed by atoms with Gasteiger partial charge in [0.1, 0.15) is 5.75 Å². The number of carbonyl (C=O) groups is 1. The summed E-state index contributed by atoms with van der Waals surface area (Å²) in [7, 11) is 0.884. The van der Waals surface area contributed by atoms with Crippen LogP contribution >= 0.6 is 0 Å². The number of para-hydroxylation sites is 1. The highest BCUT2D eigenvalue weighted by Gasteiger charge is 2.29. The summed E-state index contributed by atoms with van der Waals surface area (Å²) < 4.78 is 33.0. The molecular formula is C26H31BN2O4S. The van der Waals surface area contributed by atoms with E-state index in [1.165, 1.54) is 24.8 Å². The molecule has 6 nitrogen and oxygen atoms in total. The molecule has 1 saturated carbocycles. The highest BCUT2D eigenvalue weighted by atomic mass is 32.2. The molecule has 2 heterocycles. The van der Waals surface area contributed by atoms with Crippen molar-refractivity contribution in [1.29, 1.82) is 0 Å². The topological polar surface area (TPSA) is 77.4 Å². The maximum Gasteiger partial charge on any atom is 0.285 e. The largest absolute Gasteiger partial charge is 0.493 e. The minimum Gasteiger partial charge on any atom is -0.493 e. The first-order valence-corrected chi connectivity index (χ1v) is 13.7. The molecule has 1 amide bonds. The first-order valence-electron chi connectivity index (χ1n) is 12.2. The highest BCUT2D eigenvalue weighted by molar-refractivity contribution is 8.11. The molecule has 8 heteroatoms. The van der Waals surface area contributed by atoms with E-state index in [4.69, 9.17) is 11.9 Å². The minimum absolute atomic E-state index is 0.272. The molecule has 0 atom stereocenters. The summed E-state index contributed by atoms with van der Waals surface area (Å²) in [5.41, 5.74) is 4.76. The number of benzene rings is 2. The number of nitrogens with one attached hydrogen (secondary N) is 1. The van der Waals surface area contributed by atoms with Gasteiger partial charge in [0.2, 0.25) is 0 Å². The fraction of sp³-hybridized carbons (Fsp3) is 0.423. The Morgan fingerprint density at radius 3 is 2.53 bits per heavy atom. The number of hydrogen-bond donors (Lipinski definition) is 1. The molecule has 1 aliphatic heterocycles. The van der Waals surface area contributed by atoms with Crippen LogP contribution in [0.15, 0.2) is 42.5 Å². The molecule has 2 aliphatic rings. The Morgan fingerprint density at radius 1 is 1.06 bits per heavy atom. The van der Waals surface area contributed by atoms with E-state index in [1.54, 1.807) is 12.1 Å².